The molecule has 1 N–H and O–H groups in total. The number of hydrogen-bond acceptors (Lipinski definition) is 5. The molecule has 0 bridgehead atoms. The van der Waals surface area contributed by atoms with Crippen molar-refractivity contribution in [3.8, 4) is 10.6 Å². The Morgan fingerprint density at radius 3 is 2.73 bits per heavy atom. The first kappa shape index (κ1) is 16.8. The Kier molecular flexibility index (Phi) is 4.95. The molecule has 1 atom stereocenters. The van der Waals surface area contributed by atoms with E-state index in [2.05, 4.69) is 21.7 Å². The molecule has 0 saturated carbocycles. The second kappa shape index (κ2) is 7.68. The molecule has 3 aromatic heterocycles. The fourth-order valence-corrected chi connectivity index (χ4v) is 4.24. The molecule has 1 amide bonds. The second-order valence-corrected chi connectivity index (χ2v) is 7.38. The Hall–Kier alpha value is -2.70. The number of nitrogens with zero attached hydrogens (tertiary/aromatic N) is 1. The molecule has 0 aliphatic heterocycles. The Labute approximate surface area is 159 Å². The predicted molar refractivity (Wildman–Crippen MR) is 105 cm³/mol. The standard InChI is InChI=1S/C20H16N2O2S2/c23-19(17-13-26-20(22-17)14-5-2-1-3-6-14)21-11-16(15-8-10-25-12-15)18-7-4-9-24-18/h1-10,12-13,16H,11H2,(H,21,23). The van der Waals surface area contributed by atoms with Gasteiger partial charge in [0.25, 0.3) is 5.91 Å². The monoisotopic (exact) mass is 380 g/mol. The number of thiazole rings is 1. The molecular weight excluding hydrogens is 364 g/mol. The van der Waals surface area contributed by atoms with Crippen molar-refractivity contribution in [2.24, 2.45) is 0 Å². The molecule has 6 heteroatoms. The van der Waals surface area contributed by atoms with Crippen LogP contribution in [-0.4, -0.2) is 17.4 Å². The summed E-state index contributed by atoms with van der Waals surface area (Å²) in [5, 5.41) is 9.74. The molecule has 3 heterocycles. The summed E-state index contributed by atoms with van der Waals surface area (Å²) in [6.07, 6.45) is 1.66. The molecule has 4 aromatic rings. The van der Waals surface area contributed by atoms with Crippen molar-refractivity contribution in [1.82, 2.24) is 10.3 Å². The molecule has 0 fully saturated rings. The molecule has 0 spiro atoms. The summed E-state index contributed by atoms with van der Waals surface area (Å²) in [7, 11) is 0. The molecule has 4 nitrogen and oxygen atoms in total. The van der Waals surface area contributed by atoms with Gasteiger partial charge in [0.1, 0.15) is 16.5 Å². The first-order chi connectivity index (χ1) is 12.8. The van der Waals surface area contributed by atoms with Gasteiger partial charge in [-0.3, -0.25) is 4.79 Å². The molecule has 4 rings (SSSR count). The molecule has 0 radical (unpaired) electrons. The van der Waals surface area contributed by atoms with E-state index in [1.165, 1.54) is 11.3 Å². The fraction of sp³-hybridized carbons (Fsp3) is 0.100. The molecule has 0 aliphatic rings. The minimum atomic E-state index is -0.171. The van der Waals surface area contributed by atoms with Crippen molar-refractivity contribution >= 4 is 28.6 Å². The van der Waals surface area contributed by atoms with E-state index in [-0.39, 0.29) is 11.8 Å². The normalized spacial score (nSPS) is 12.0. The number of aromatic nitrogens is 1. The quantitative estimate of drug-likeness (QED) is 0.511. The lowest BCUT2D eigenvalue weighted by molar-refractivity contribution is 0.0947. The van der Waals surface area contributed by atoms with Crippen LogP contribution in [0.1, 0.15) is 27.7 Å². The van der Waals surface area contributed by atoms with Crippen LogP contribution >= 0.6 is 22.7 Å². The summed E-state index contributed by atoms with van der Waals surface area (Å²) in [5.74, 6) is 0.662. The smallest absolute Gasteiger partial charge is 0.270 e. The van der Waals surface area contributed by atoms with E-state index >= 15 is 0 Å². The Morgan fingerprint density at radius 1 is 1.12 bits per heavy atom. The molecule has 0 aliphatic carbocycles. The summed E-state index contributed by atoms with van der Waals surface area (Å²) >= 11 is 3.10. The van der Waals surface area contributed by atoms with Gasteiger partial charge in [0.05, 0.1) is 12.2 Å². The number of amides is 1. The highest BCUT2D eigenvalue weighted by Gasteiger charge is 2.20. The number of rotatable bonds is 6. The van der Waals surface area contributed by atoms with E-state index in [4.69, 9.17) is 4.42 Å². The van der Waals surface area contributed by atoms with Gasteiger partial charge in [-0.05, 0) is 34.5 Å². The largest absolute Gasteiger partial charge is 0.469 e. The zero-order valence-corrected chi connectivity index (χ0v) is 15.4. The highest BCUT2D eigenvalue weighted by molar-refractivity contribution is 7.13. The lowest BCUT2D eigenvalue weighted by atomic mass is 9.99. The summed E-state index contributed by atoms with van der Waals surface area (Å²) < 4.78 is 5.56. The molecule has 1 aromatic carbocycles. The first-order valence-corrected chi connectivity index (χ1v) is 9.98. The third-order valence-corrected chi connectivity index (χ3v) is 5.65. The highest BCUT2D eigenvalue weighted by atomic mass is 32.1. The topological polar surface area (TPSA) is 55.1 Å². The molecule has 26 heavy (non-hydrogen) atoms. The second-order valence-electron chi connectivity index (χ2n) is 5.74. The van der Waals surface area contributed by atoms with E-state index in [9.17, 15) is 4.79 Å². The van der Waals surface area contributed by atoms with Crippen molar-refractivity contribution in [3.05, 3.63) is 88.0 Å². The van der Waals surface area contributed by atoms with Gasteiger partial charge >= 0.3 is 0 Å². The lowest BCUT2D eigenvalue weighted by Crippen LogP contribution is -2.28. The number of nitrogens with one attached hydrogen (secondary N) is 1. The molecule has 130 valence electrons. The highest BCUT2D eigenvalue weighted by Crippen LogP contribution is 2.27. The van der Waals surface area contributed by atoms with Gasteiger partial charge in [-0.2, -0.15) is 11.3 Å². The van der Waals surface area contributed by atoms with Crippen LogP contribution < -0.4 is 5.32 Å². The van der Waals surface area contributed by atoms with E-state index in [1.54, 1.807) is 23.0 Å². The zero-order valence-electron chi connectivity index (χ0n) is 13.8. The summed E-state index contributed by atoms with van der Waals surface area (Å²) in [5.41, 5.74) is 2.59. The van der Waals surface area contributed by atoms with Crippen LogP contribution in [0.4, 0.5) is 0 Å². The van der Waals surface area contributed by atoms with Crippen molar-refractivity contribution < 1.29 is 9.21 Å². The first-order valence-electron chi connectivity index (χ1n) is 8.16. The number of thiophene rings is 1. The maximum atomic E-state index is 12.5. The van der Waals surface area contributed by atoms with Gasteiger partial charge in [0.15, 0.2) is 0 Å². The van der Waals surface area contributed by atoms with Crippen LogP contribution in [0, 0.1) is 0 Å². The third-order valence-electron chi connectivity index (χ3n) is 4.06. The van der Waals surface area contributed by atoms with Gasteiger partial charge in [-0.25, -0.2) is 4.98 Å². The number of carbonyl (C=O) groups is 1. The van der Waals surface area contributed by atoms with Gasteiger partial charge in [0.2, 0.25) is 0 Å². The number of carbonyl (C=O) groups excluding carboxylic acids is 1. The third kappa shape index (κ3) is 3.61. The van der Waals surface area contributed by atoms with E-state index in [0.717, 1.165) is 21.9 Å². The molecule has 0 saturated heterocycles. The maximum absolute atomic E-state index is 12.5. The lowest BCUT2D eigenvalue weighted by Gasteiger charge is -2.14. The van der Waals surface area contributed by atoms with Crippen LogP contribution in [0.15, 0.2) is 75.4 Å². The molecule has 1 unspecified atom stereocenters. The van der Waals surface area contributed by atoms with Gasteiger partial charge < -0.3 is 9.73 Å². The maximum Gasteiger partial charge on any atom is 0.270 e. The van der Waals surface area contributed by atoms with Crippen LogP contribution in [0.25, 0.3) is 10.6 Å². The predicted octanol–water partition coefficient (Wildman–Crippen LogP) is 5.03. The molecular formula is C20H16N2O2S2. The van der Waals surface area contributed by atoms with Crippen LogP contribution in [-0.2, 0) is 0 Å². The van der Waals surface area contributed by atoms with Crippen LogP contribution in [0.2, 0.25) is 0 Å². The Balaban J connectivity index is 1.47. The summed E-state index contributed by atoms with van der Waals surface area (Å²) in [6.45, 7) is 0.460. The van der Waals surface area contributed by atoms with Crippen molar-refractivity contribution in [2.75, 3.05) is 6.54 Å². The average Bonchev–Trinajstić information content (AvgIpc) is 3.44. The van der Waals surface area contributed by atoms with E-state index in [1.807, 2.05) is 47.8 Å². The van der Waals surface area contributed by atoms with Crippen LogP contribution in [0.3, 0.4) is 0 Å². The van der Waals surface area contributed by atoms with Gasteiger partial charge in [-0.1, -0.05) is 30.3 Å². The SMILES string of the molecule is O=C(NCC(c1ccsc1)c1ccco1)c1csc(-c2ccccc2)n1. The summed E-state index contributed by atoms with van der Waals surface area (Å²) in [6, 6.07) is 15.7. The van der Waals surface area contributed by atoms with E-state index in [0.29, 0.717) is 12.2 Å². The van der Waals surface area contributed by atoms with Crippen molar-refractivity contribution in [2.45, 2.75) is 5.92 Å². The Morgan fingerprint density at radius 2 is 2.00 bits per heavy atom. The Bertz CT molecular complexity index is 926. The number of benzene rings is 1. The number of hydrogen-bond donors (Lipinski definition) is 1. The van der Waals surface area contributed by atoms with Crippen molar-refractivity contribution in [1.29, 1.82) is 0 Å². The average molecular weight is 380 g/mol. The minimum Gasteiger partial charge on any atom is -0.469 e. The van der Waals surface area contributed by atoms with Gasteiger partial charge in [-0.15, -0.1) is 11.3 Å². The minimum absolute atomic E-state index is 0.00701. The fourth-order valence-electron chi connectivity index (χ4n) is 2.72. The van der Waals surface area contributed by atoms with E-state index < -0.39 is 0 Å². The van der Waals surface area contributed by atoms with Crippen LogP contribution in [0.5, 0.6) is 0 Å². The number of furan rings is 1. The summed E-state index contributed by atoms with van der Waals surface area (Å²) in [4.78, 5) is 17.0. The van der Waals surface area contributed by atoms with Gasteiger partial charge in [0, 0.05) is 17.5 Å². The van der Waals surface area contributed by atoms with Crippen molar-refractivity contribution in [3.63, 3.8) is 0 Å². The zero-order chi connectivity index (χ0) is 17.8.